The molecule has 0 aliphatic carbocycles. The van der Waals surface area contributed by atoms with Gasteiger partial charge in [-0.25, -0.2) is 4.79 Å². The molecule has 0 aromatic rings. The van der Waals surface area contributed by atoms with E-state index in [9.17, 15) is 19.5 Å². The van der Waals surface area contributed by atoms with Crippen LogP contribution in [0.4, 0.5) is 0 Å². The molecule has 0 aliphatic rings. The van der Waals surface area contributed by atoms with Crippen LogP contribution in [0.25, 0.3) is 0 Å². The van der Waals surface area contributed by atoms with Gasteiger partial charge < -0.3 is 28.5 Å². The first-order valence-corrected chi connectivity index (χ1v) is 37.6. The SMILES string of the molecule is CC/C=C\C/C=C\C/C=C\C/C=C\C/C=C\C/C=C\C/C=C\C/C=C\C/C=C\CCCCCCCCCCCC(=O)OC(COC(=O)CCCCCCCCCCCCCCCCCCCC/C=C\C/C=C\C/C=C\C/C=C\CC)COC(OCC[N+](C)(C)C)C(=O)O. The van der Waals surface area contributed by atoms with E-state index in [1.807, 2.05) is 21.1 Å². The number of unbranched alkanes of at least 4 members (excludes halogenated alkanes) is 27. The summed E-state index contributed by atoms with van der Waals surface area (Å²) >= 11 is 0. The lowest BCUT2D eigenvalue weighted by Gasteiger charge is -2.25. The Morgan fingerprint density at radius 3 is 0.860 bits per heavy atom. The molecule has 0 heterocycles. The first-order valence-electron chi connectivity index (χ1n) is 37.6. The number of carboxylic acids is 1. The lowest BCUT2D eigenvalue weighted by atomic mass is 10.0. The van der Waals surface area contributed by atoms with Crippen molar-refractivity contribution in [2.24, 2.45) is 0 Å². The van der Waals surface area contributed by atoms with Crippen LogP contribution in [0.5, 0.6) is 0 Å². The van der Waals surface area contributed by atoms with Crippen LogP contribution in [0.15, 0.2) is 158 Å². The summed E-state index contributed by atoms with van der Waals surface area (Å²) in [5.74, 6) is -2.01. The molecule has 0 saturated carbocycles. The van der Waals surface area contributed by atoms with Crippen LogP contribution in [0, 0.1) is 0 Å². The Morgan fingerprint density at radius 2 is 0.581 bits per heavy atom. The van der Waals surface area contributed by atoms with Gasteiger partial charge in [-0.2, -0.15) is 0 Å². The zero-order chi connectivity index (χ0) is 67.5. The molecular formula is C84H140NO8+. The second-order valence-electron chi connectivity index (χ2n) is 25.8. The summed E-state index contributed by atoms with van der Waals surface area (Å²) in [6, 6.07) is 0. The number of rotatable bonds is 68. The summed E-state index contributed by atoms with van der Waals surface area (Å²) < 4.78 is 23.0. The van der Waals surface area contributed by atoms with E-state index in [1.54, 1.807) is 0 Å². The third-order valence-corrected chi connectivity index (χ3v) is 15.8. The molecule has 0 aromatic heterocycles. The van der Waals surface area contributed by atoms with Crippen molar-refractivity contribution < 1.29 is 42.9 Å². The average Bonchev–Trinajstić information content (AvgIpc) is 3.73. The molecule has 0 aromatic carbocycles. The first kappa shape index (κ1) is 87.9. The number of aliphatic carboxylic acids is 1. The zero-order valence-electron chi connectivity index (χ0n) is 60.4. The van der Waals surface area contributed by atoms with Crippen LogP contribution < -0.4 is 0 Å². The van der Waals surface area contributed by atoms with E-state index in [0.29, 0.717) is 23.9 Å². The summed E-state index contributed by atoms with van der Waals surface area (Å²) in [6.07, 6.45) is 105. The fraction of sp³-hybridized carbons (Fsp3) is 0.655. The maximum atomic E-state index is 13.0. The number of carbonyl (C=O) groups excluding carboxylic acids is 2. The van der Waals surface area contributed by atoms with Gasteiger partial charge >= 0.3 is 17.9 Å². The first-order chi connectivity index (χ1) is 45.6. The normalized spacial score (nSPS) is 13.6. The topological polar surface area (TPSA) is 108 Å². The van der Waals surface area contributed by atoms with E-state index < -0.39 is 24.3 Å². The molecule has 0 aliphatic heterocycles. The van der Waals surface area contributed by atoms with E-state index >= 15 is 0 Å². The summed E-state index contributed by atoms with van der Waals surface area (Å²) in [6.45, 7) is 4.65. The van der Waals surface area contributed by atoms with Crippen LogP contribution in [0.2, 0.25) is 0 Å². The van der Waals surface area contributed by atoms with Crippen molar-refractivity contribution in [2.75, 3.05) is 47.5 Å². The fourth-order valence-electron chi connectivity index (χ4n) is 10.1. The van der Waals surface area contributed by atoms with Gasteiger partial charge in [-0.3, -0.25) is 9.59 Å². The lowest BCUT2D eigenvalue weighted by Crippen LogP contribution is -2.40. The third kappa shape index (κ3) is 74.2. The molecule has 9 heteroatoms. The molecular weight excluding hydrogens is 1150 g/mol. The summed E-state index contributed by atoms with van der Waals surface area (Å²) in [4.78, 5) is 37.7. The highest BCUT2D eigenvalue weighted by molar-refractivity contribution is 5.71. The minimum atomic E-state index is -1.52. The molecule has 0 spiro atoms. The highest BCUT2D eigenvalue weighted by Crippen LogP contribution is 2.17. The fourth-order valence-corrected chi connectivity index (χ4v) is 10.1. The van der Waals surface area contributed by atoms with E-state index in [2.05, 4.69) is 172 Å². The number of ether oxygens (including phenoxy) is 4. The molecule has 0 radical (unpaired) electrons. The Kier molecular flexibility index (Phi) is 68.8. The van der Waals surface area contributed by atoms with Gasteiger partial charge in [-0.05, 0) is 122 Å². The smallest absolute Gasteiger partial charge is 0.361 e. The zero-order valence-corrected chi connectivity index (χ0v) is 60.4. The second-order valence-corrected chi connectivity index (χ2v) is 25.8. The van der Waals surface area contributed by atoms with Crippen LogP contribution in [-0.2, 0) is 33.3 Å². The molecule has 9 nitrogen and oxygen atoms in total. The Balaban J connectivity index is 4.13. The minimum absolute atomic E-state index is 0.180. The number of esters is 2. The van der Waals surface area contributed by atoms with Gasteiger partial charge in [0.25, 0.3) is 6.29 Å². The van der Waals surface area contributed by atoms with Crippen molar-refractivity contribution in [1.29, 1.82) is 0 Å². The predicted molar refractivity (Wildman–Crippen MR) is 400 cm³/mol. The molecule has 2 unspecified atom stereocenters. The largest absolute Gasteiger partial charge is 0.477 e. The number of carbonyl (C=O) groups is 3. The van der Waals surface area contributed by atoms with Gasteiger partial charge in [0.05, 0.1) is 34.4 Å². The number of allylic oxidation sites excluding steroid dienone is 26. The Morgan fingerprint density at radius 1 is 0.323 bits per heavy atom. The number of nitrogens with zero attached hydrogens (tertiary/aromatic N) is 1. The van der Waals surface area contributed by atoms with Crippen LogP contribution in [0.1, 0.15) is 296 Å². The van der Waals surface area contributed by atoms with Crippen molar-refractivity contribution in [1.82, 2.24) is 0 Å². The van der Waals surface area contributed by atoms with Crippen molar-refractivity contribution in [3.05, 3.63) is 158 Å². The van der Waals surface area contributed by atoms with E-state index in [0.717, 1.165) is 128 Å². The van der Waals surface area contributed by atoms with Crippen LogP contribution >= 0.6 is 0 Å². The van der Waals surface area contributed by atoms with Gasteiger partial charge in [0.1, 0.15) is 13.2 Å². The maximum Gasteiger partial charge on any atom is 0.361 e. The molecule has 1 N–H and O–H groups in total. The molecule has 93 heavy (non-hydrogen) atoms. The Bertz CT molecular complexity index is 2090. The van der Waals surface area contributed by atoms with Gasteiger partial charge in [0.15, 0.2) is 6.10 Å². The van der Waals surface area contributed by atoms with Crippen molar-refractivity contribution in [3.63, 3.8) is 0 Å². The quantitative estimate of drug-likeness (QED) is 0.0211. The van der Waals surface area contributed by atoms with E-state index in [4.69, 9.17) is 18.9 Å². The lowest BCUT2D eigenvalue weighted by molar-refractivity contribution is -0.870. The molecule has 528 valence electrons. The number of quaternary nitrogens is 1. The van der Waals surface area contributed by atoms with Gasteiger partial charge in [0, 0.05) is 12.8 Å². The molecule has 0 fully saturated rings. The predicted octanol–water partition coefficient (Wildman–Crippen LogP) is 24.0. The van der Waals surface area contributed by atoms with Crippen molar-refractivity contribution >= 4 is 17.9 Å². The second kappa shape index (κ2) is 72.7. The molecule has 2 atom stereocenters. The van der Waals surface area contributed by atoms with Crippen molar-refractivity contribution in [2.45, 2.75) is 309 Å². The van der Waals surface area contributed by atoms with Crippen LogP contribution in [-0.4, -0.2) is 87.4 Å². The highest BCUT2D eigenvalue weighted by atomic mass is 16.7. The number of hydrogen-bond donors (Lipinski definition) is 1. The molecule has 0 bridgehead atoms. The molecule has 0 saturated heterocycles. The number of hydrogen-bond acceptors (Lipinski definition) is 7. The summed E-state index contributed by atoms with van der Waals surface area (Å²) in [5, 5.41) is 9.77. The number of carboxylic acid groups (broad SMARTS) is 1. The highest BCUT2D eigenvalue weighted by Gasteiger charge is 2.25. The average molecular weight is 1290 g/mol. The summed E-state index contributed by atoms with van der Waals surface area (Å²) in [5.41, 5.74) is 0. The van der Waals surface area contributed by atoms with Gasteiger partial charge in [0.2, 0.25) is 0 Å². The molecule has 0 amide bonds. The molecule has 0 rings (SSSR count). The Labute approximate surface area is 572 Å². The third-order valence-electron chi connectivity index (χ3n) is 15.8. The van der Waals surface area contributed by atoms with E-state index in [1.165, 1.54) is 135 Å². The van der Waals surface area contributed by atoms with E-state index in [-0.39, 0.29) is 32.2 Å². The van der Waals surface area contributed by atoms with Crippen LogP contribution in [0.3, 0.4) is 0 Å². The number of likely N-dealkylation sites (N-methyl/N-ethyl adjacent to an activating group) is 1. The monoisotopic (exact) mass is 1290 g/mol. The summed E-state index contributed by atoms with van der Waals surface area (Å²) in [7, 11) is 5.97. The maximum absolute atomic E-state index is 13.0. The standard InChI is InChI=1S/C84H139NO8/c1-6-8-10-12-14-16-18-20-22-24-26-28-30-32-34-36-38-39-40-41-42-43-45-47-49-51-53-55-57-59-61-63-65-67-69-71-73-75-82(87)93-80(79-92-84(83(88)89)90-77-76-85(3,4)5)78-91-81(86)74-72-70-68-66-64-62-60-58-56-54-52-50-48-46-44-37-35-33-31-29-27-25-23-21-19-17-15-13-11-9-7-2/h8-11,14-17,20-23,26-29,32,34,38-39,41-42,45,47,51,53,80,84H,6-7,12-13,18-19,24-25,30-31,33,35-37,40,43-44,46,48-50,52,54-79H2,1-5H3/p+1/b10-8-,11-9-,16-14-,17-15-,22-20-,23-21-,28-26-,29-27-,34-32-,39-38-,42-41-,47-45-,53-51-. The Hall–Kier alpha value is -5.09. The van der Waals surface area contributed by atoms with Gasteiger partial charge in [-0.15, -0.1) is 0 Å². The minimum Gasteiger partial charge on any atom is -0.477 e. The van der Waals surface area contributed by atoms with Crippen molar-refractivity contribution in [3.8, 4) is 0 Å². The van der Waals surface area contributed by atoms with Gasteiger partial charge in [-0.1, -0.05) is 320 Å².